The number of nitrogen functional groups attached to an aromatic ring is 1. The fourth-order valence-electron chi connectivity index (χ4n) is 1.96. The van der Waals surface area contributed by atoms with Gasteiger partial charge in [0.25, 0.3) is 0 Å². The number of nitrogens with zero attached hydrogens (tertiary/aromatic N) is 1. The first-order chi connectivity index (χ1) is 7.75. The van der Waals surface area contributed by atoms with E-state index in [1.807, 2.05) is 24.3 Å². The molecule has 2 N–H and O–H groups in total. The van der Waals surface area contributed by atoms with Gasteiger partial charge in [-0.05, 0) is 50.2 Å². The van der Waals surface area contributed by atoms with E-state index in [2.05, 4.69) is 4.90 Å². The lowest BCUT2D eigenvalue weighted by Gasteiger charge is -2.13. The highest BCUT2D eigenvalue weighted by Crippen LogP contribution is 2.12. The Labute approximate surface area is 99.1 Å². The first kappa shape index (κ1) is 11.6. The summed E-state index contributed by atoms with van der Waals surface area (Å²) >= 11 is 0. The lowest BCUT2D eigenvalue weighted by molar-refractivity contribution is 0.361. The molecule has 3 nitrogen and oxygen atoms in total. The molecule has 1 heterocycles. The van der Waals surface area contributed by atoms with Crippen LogP contribution in [0.1, 0.15) is 12.8 Å². The van der Waals surface area contributed by atoms with Crippen LogP contribution in [0.15, 0.2) is 29.2 Å². The van der Waals surface area contributed by atoms with Crippen molar-refractivity contribution in [1.29, 1.82) is 0 Å². The maximum absolute atomic E-state index is 12.0. The fourth-order valence-corrected chi connectivity index (χ4v) is 3.06. The van der Waals surface area contributed by atoms with Crippen LogP contribution in [0.3, 0.4) is 0 Å². The third kappa shape index (κ3) is 3.06. The van der Waals surface area contributed by atoms with Gasteiger partial charge in [-0.15, -0.1) is 0 Å². The molecule has 1 aliphatic rings. The molecule has 2 rings (SSSR count). The van der Waals surface area contributed by atoms with Gasteiger partial charge in [-0.2, -0.15) is 0 Å². The van der Waals surface area contributed by atoms with Crippen LogP contribution in [0.4, 0.5) is 5.69 Å². The van der Waals surface area contributed by atoms with E-state index >= 15 is 0 Å². The molecule has 1 unspecified atom stereocenters. The number of anilines is 1. The summed E-state index contributed by atoms with van der Waals surface area (Å²) in [4.78, 5) is 3.27. The summed E-state index contributed by atoms with van der Waals surface area (Å²) in [5.41, 5.74) is 6.32. The molecule has 0 saturated carbocycles. The van der Waals surface area contributed by atoms with Crippen LogP contribution in [0.5, 0.6) is 0 Å². The first-order valence-electron chi connectivity index (χ1n) is 5.72. The topological polar surface area (TPSA) is 46.3 Å². The van der Waals surface area contributed by atoms with E-state index < -0.39 is 10.8 Å². The zero-order chi connectivity index (χ0) is 11.4. The SMILES string of the molecule is Nc1ccc(S(=O)CCN2CCCC2)cc1. The molecule has 1 atom stereocenters. The molecular weight excluding hydrogens is 220 g/mol. The largest absolute Gasteiger partial charge is 0.399 e. The van der Waals surface area contributed by atoms with Gasteiger partial charge in [0.15, 0.2) is 0 Å². The normalized spacial score (nSPS) is 18.8. The number of hydrogen-bond acceptors (Lipinski definition) is 3. The average Bonchev–Trinajstić information content (AvgIpc) is 2.80. The Balaban J connectivity index is 1.85. The van der Waals surface area contributed by atoms with Gasteiger partial charge in [-0.1, -0.05) is 0 Å². The molecule has 88 valence electrons. The van der Waals surface area contributed by atoms with Crippen molar-refractivity contribution >= 4 is 16.5 Å². The smallest absolute Gasteiger partial charge is 0.0542 e. The standard InChI is InChI=1S/C12H18N2OS/c13-11-3-5-12(6-4-11)16(15)10-9-14-7-1-2-8-14/h3-6H,1-2,7-10,13H2. The number of likely N-dealkylation sites (tertiary alicyclic amines) is 1. The molecule has 0 spiro atoms. The van der Waals surface area contributed by atoms with Crippen LogP contribution >= 0.6 is 0 Å². The highest BCUT2D eigenvalue weighted by molar-refractivity contribution is 7.85. The zero-order valence-electron chi connectivity index (χ0n) is 9.39. The van der Waals surface area contributed by atoms with E-state index in [1.165, 1.54) is 25.9 Å². The van der Waals surface area contributed by atoms with Crippen molar-refractivity contribution in [2.45, 2.75) is 17.7 Å². The molecule has 16 heavy (non-hydrogen) atoms. The molecular formula is C12H18N2OS. The third-order valence-corrected chi connectivity index (χ3v) is 4.29. The second kappa shape index (κ2) is 5.46. The second-order valence-corrected chi connectivity index (χ2v) is 5.74. The van der Waals surface area contributed by atoms with Crippen LogP contribution < -0.4 is 5.73 Å². The summed E-state index contributed by atoms with van der Waals surface area (Å²) in [6.07, 6.45) is 2.57. The summed E-state index contributed by atoms with van der Waals surface area (Å²) in [6.45, 7) is 3.27. The lowest BCUT2D eigenvalue weighted by Crippen LogP contribution is -2.24. The third-order valence-electron chi connectivity index (χ3n) is 2.93. The quantitative estimate of drug-likeness (QED) is 0.808. The highest BCUT2D eigenvalue weighted by atomic mass is 32.2. The lowest BCUT2D eigenvalue weighted by atomic mass is 10.3. The van der Waals surface area contributed by atoms with Crippen LogP contribution in [0.25, 0.3) is 0 Å². The van der Waals surface area contributed by atoms with Crippen LogP contribution in [-0.2, 0) is 10.8 Å². The number of benzene rings is 1. The Morgan fingerprint density at radius 2 is 1.81 bits per heavy atom. The van der Waals surface area contributed by atoms with Gasteiger partial charge in [0.05, 0.1) is 10.8 Å². The molecule has 4 heteroatoms. The Kier molecular flexibility index (Phi) is 3.96. The maximum atomic E-state index is 12.0. The van der Waals surface area contributed by atoms with Gasteiger partial charge in [0.1, 0.15) is 0 Å². The molecule has 1 fully saturated rings. The van der Waals surface area contributed by atoms with Gasteiger partial charge in [-0.25, -0.2) is 0 Å². The number of hydrogen-bond donors (Lipinski definition) is 1. The van der Waals surface area contributed by atoms with Gasteiger partial charge in [0.2, 0.25) is 0 Å². The molecule has 0 aromatic heterocycles. The van der Waals surface area contributed by atoms with E-state index in [0.29, 0.717) is 0 Å². The van der Waals surface area contributed by atoms with Crippen LogP contribution in [0.2, 0.25) is 0 Å². The van der Waals surface area contributed by atoms with Crippen molar-refractivity contribution in [3.8, 4) is 0 Å². The van der Waals surface area contributed by atoms with Crippen molar-refractivity contribution in [3.05, 3.63) is 24.3 Å². The summed E-state index contributed by atoms with van der Waals surface area (Å²) in [5, 5.41) is 0. The van der Waals surface area contributed by atoms with Crippen molar-refractivity contribution < 1.29 is 4.21 Å². The average molecular weight is 238 g/mol. The maximum Gasteiger partial charge on any atom is 0.0542 e. The second-order valence-electron chi connectivity index (χ2n) is 4.17. The van der Waals surface area contributed by atoms with E-state index in [9.17, 15) is 4.21 Å². The van der Waals surface area contributed by atoms with Crippen LogP contribution in [0, 0.1) is 0 Å². The zero-order valence-corrected chi connectivity index (χ0v) is 10.2. The Morgan fingerprint density at radius 3 is 2.44 bits per heavy atom. The predicted octanol–water partition coefficient (Wildman–Crippen LogP) is 1.47. The molecule has 1 aromatic carbocycles. The van der Waals surface area contributed by atoms with E-state index in [4.69, 9.17) is 5.73 Å². The van der Waals surface area contributed by atoms with E-state index in [0.717, 1.165) is 22.9 Å². The van der Waals surface area contributed by atoms with Gasteiger partial charge >= 0.3 is 0 Å². The van der Waals surface area contributed by atoms with E-state index in [-0.39, 0.29) is 0 Å². The molecule has 1 saturated heterocycles. The van der Waals surface area contributed by atoms with Gasteiger partial charge in [-0.3, -0.25) is 4.21 Å². The van der Waals surface area contributed by atoms with Crippen molar-refractivity contribution in [2.75, 3.05) is 31.1 Å². The Hall–Kier alpha value is -0.870. The summed E-state index contributed by atoms with van der Waals surface area (Å²) < 4.78 is 12.0. The minimum Gasteiger partial charge on any atom is -0.399 e. The van der Waals surface area contributed by atoms with E-state index in [1.54, 1.807) is 0 Å². The minimum absolute atomic E-state index is 0.722. The van der Waals surface area contributed by atoms with Crippen molar-refractivity contribution in [2.24, 2.45) is 0 Å². The Morgan fingerprint density at radius 1 is 1.19 bits per heavy atom. The molecule has 0 radical (unpaired) electrons. The van der Waals surface area contributed by atoms with Crippen LogP contribution in [-0.4, -0.2) is 34.5 Å². The fraction of sp³-hybridized carbons (Fsp3) is 0.500. The van der Waals surface area contributed by atoms with Crippen molar-refractivity contribution in [1.82, 2.24) is 4.90 Å². The molecule has 0 aliphatic carbocycles. The minimum atomic E-state index is -0.885. The number of nitrogens with two attached hydrogens (primary N) is 1. The van der Waals surface area contributed by atoms with Gasteiger partial charge in [0, 0.05) is 22.9 Å². The first-order valence-corrected chi connectivity index (χ1v) is 7.04. The molecule has 0 bridgehead atoms. The molecule has 1 aromatic rings. The van der Waals surface area contributed by atoms with Gasteiger partial charge < -0.3 is 10.6 Å². The Bertz CT molecular complexity index is 358. The number of rotatable bonds is 4. The molecule has 1 aliphatic heterocycles. The van der Waals surface area contributed by atoms with Crippen molar-refractivity contribution in [3.63, 3.8) is 0 Å². The predicted molar refractivity (Wildman–Crippen MR) is 67.8 cm³/mol. The molecule has 0 amide bonds. The summed E-state index contributed by atoms with van der Waals surface area (Å²) in [6, 6.07) is 7.33. The summed E-state index contributed by atoms with van der Waals surface area (Å²) in [5.74, 6) is 0.726. The summed E-state index contributed by atoms with van der Waals surface area (Å²) in [7, 11) is -0.885. The highest BCUT2D eigenvalue weighted by Gasteiger charge is 2.12. The monoisotopic (exact) mass is 238 g/mol.